The van der Waals surface area contributed by atoms with E-state index >= 15 is 0 Å². The molecule has 2 aromatic carbocycles. The standard InChI is InChI=1S/C14H11Cl3N2O2/c15-8-1-4-13(12(18)5-8)19-14(20)7-21-9-2-3-10(16)11(17)6-9/h1-6H,7,18H2,(H,19,20). The number of nitrogen functional groups attached to an aromatic ring is 1. The number of rotatable bonds is 4. The number of halogens is 3. The lowest BCUT2D eigenvalue weighted by Crippen LogP contribution is -2.20. The summed E-state index contributed by atoms with van der Waals surface area (Å²) in [4.78, 5) is 11.8. The van der Waals surface area contributed by atoms with Crippen molar-refractivity contribution >= 4 is 52.1 Å². The molecule has 0 bridgehead atoms. The number of carbonyl (C=O) groups excluding carboxylic acids is 1. The zero-order chi connectivity index (χ0) is 15.4. The molecule has 0 atom stereocenters. The van der Waals surface area contributed by atoms with Crippen molar-refractivity contribution in [1.82, 2.24) is 0 Å². The first-order valence-corrected chi connectivity index (χ1v) is 7.02. The van der Waals surface area contributed by atoms with Gasteiger partial charge in [0.05, 0.1) is 21.4 Å². The number of hydrogen-bond donors (Lipinski definition) is 2. The van der Waals surface area contributed by atoms with Crippen LogP contribution < -0.4 is 15.8 Å². The Bertz CT molecular complexity index is 677. The summed E-state index contributed by atoms with van der Waals surface area (Å²) in [5.41, 5.74) is 6.60. The Morgan fingerprint density at radius 2 is 1.86 bits per heavy atom. The van der Waals surface area contributed by atoms with E-state index in [2.05, 4.69) is 5.32 Å². The van der Waals surface area contributed by atoms with Gasteiger partial charge < -0.3 is 15.8 Å². The second kappa shape index (κ2) is 6.89. The van der Waals surface area contributed by atoms with E-state index in [-0.39, 0.29) is 12.5 Å². The van der Waals surface area contributed by atoms with Gasteiger partial charge in [-0.2, -0.15) is 0 Å². The average Bonchev–Trinajstić information content (AvgIpc) is 2.43. The van der Waals surface area contributed by atoms with Crippen LogP contribution in [0.4, 0.5) is 11.4 Å². The number of nitrogens with one attached hydrogen (secondary N) is 1. The third kappa shape index (κ3) is 4.43. The van der Waals surface area contributed by atoms with Gasteiger partial charge in [-0.05, 0) is 30.3 Å². The maximum Gasteiger partial charge on any atom is 0.262 e. The van der Waals surface area contributed by atoms with Gasteiger partial charge in [0.1, 0.15) is 5.75 Å². The number of anilines is 2. The second-order valence-corrected chi connectivity index (χ2v) is 5.40. The lowest BCUT2D eigenvalue weighted by atomic mass is 10.2. The minimum Gasteiger partial charge on any atom is -0.484 e. The van der Waals surface area contributed by atoms with E-state index in [9.17, 15) is 4.79 Å². The number of benzene rings is 2. The van der Waals surface area contributed by atoms with Gasteiger partial charge in [0.2, 0.25) is 0 Å². The number of carbonyl (C=O) groups is 1. The maximum absolute atomic E-state index is 11.8. The largest absolute Gasteiger partial charge is 0.484 e. The Morgan fingerprint density at radius 1 is 1.10 bits per heavy atom. The SMILES string of the molecule is Nc1cc(Cl)ccc1NC(=O)COc1ccc(Cl)c(Cl)c1. The van der Waals surface area contributed by atoms with Crippen molar-refractivity contribution in [2.24, 2.45) is 0 Å². The summed E-state index contributed by atoms with van der Waals surface area (Å²) in [5.74, 6) is 0.0960. The van der Waals surface area contributed by atoms with Crippen LogP contribution in [-0.2, 0) is 4.79 Å². The molecule has 110 valence electrons. The first kappa shape index (κ1) is 15.8. The predicted octanol–water partition coefficient (Wildman–Crippen LogP) is 4.25. The molecule has 1 amide bonds. The van der Waals surface area contributed by atoms with Gasteiger partial charge >= 0.3 is 0 Å². The molecule has 0 aliphatic rings. The fourth-order valence-corrected chi connectivity index (χ4v) is 2.02. The molecule has 0 aromatic heterocycles. The number of nitrogens with two attached hydrogens (primary N) is 1. The molecule has 0 saturated heterocycles. The van der Waals surface area contributed by atoms with Gasteiger partial charge in [-0.25, -0.2) is 0 Å². The van der Waals surface area contributed by atoms with Crippen LogP contribution in [0.1, 0.15) is 0 Å². The van der Waals surface area contributed by atoms with Crippen molar-refractivity contribution in [3.05, 3.63) is 51.5 Å². The van der Waals surface area contributed by atoms with Crippen molar-refractivity contribution in [1.29, 1.82) is 0 Å². The van der Waals surface area contributed by atoms with Gasteiger partial charge in [-0.15, -0.1) is 0 Å². The molecule has 0 aliphatic heterocycles. The summed E-state index contributed by atoms with van der Waals surface area (Å²) < 4.78 is 5.32. The fourth-order valence-electron chi connectivity index (χ4n) is 1.55. The van der Waals surface area contributed by atoms with Crippen LogP contribution in [0, 0.1) is 0 Å². The molecule has 0 unspecified atom stereocenters. The molecule has 3 N–H and O–H groups in total. The van der Waals surface area contributed by atoms with Gasteiger partial charge in [0.25, 0.3) is 5.91 Å². The van der Waals surface area contributed by atoms with Crippen LogP contribution in [0.15, 0.2) is 36.4 Å². The third-order valence-electron chi connectivity index (χ3n) is 2.55. The second-order valence-electron chi connectivity index (χ2n) is 4.14. The Morgan fingerprint density at radius 3 is 2.52 bits per heavy atom. The Hall–Kier alpha value is -1.62. The van der Waals surface area contributed by atoms with Crippen molar-refractivity contribution in [2.45, 2.75) is 0 Å². The molecule has 0 spiro atoms. The summed E-state index contributed by atoms with van der Waals surface area (Å²) in [5, 5.41) is 3.90. The Kier molecular flexibility index (Phi) is 5.17. The number of hydrogen-bond acceptors (Lipinski definition) is 3. The quantitative estimate of drug-likeness (QED) is 0.814. The molecule has 0 radical (unpaired) electrons. The van der Waals surface area contributed by atoms with Crippen LogP contribution >= 0.6 is 34.8 Å². The Balaban J connectivity index is 1.94. The number of ether oxygens (including phenoxy) is 1. The van der Waals surface area contributed by atoms with Crippen molar-refractivity contribution in [3.63, 3.8) is 0 Å². The maximum atomic E-state index is 11.8. The highest BCUT2D eigenvalue weighted by Gasteiger charge is 2.07. The lowest BCUT2D eigenvalue weighted by Gasteiger charge is -2.10. The van der Waals surface area contributed by atoms with E-state index in [0.29, 0.717) is 32.2 Å². The van der Waals surface area contributed by atoms with Crippen LogP contribution in [0.3, 0.4) is 0 Å². The molecule has 21 heavy (non-hydrogen) atoms. The third-order valence-corrected chi connectivity index (χ3v) is 3.52. The smallest absolute Gasteiger partial charge is 0.262 e. The molecular formula is C14H11Cl3N2O2. The van der Waals surface area contributed by atoms with E-state index in [1.807, 2.05) is 0 Å². The monoisotopic (exact) mass is 344 g/mol. The first-order chi connectivity index (χ1) is 9.95. The van der Waals surface area contributed by atoms with Gasteiger partial charge in [0, 0.05) is 11.1 Å². The molecule has 4 nitrogen and oxygen atoms in total. The lowest BCUT2D eigenvalue weighted by molar-refractivity contribution is -0.118. The normalized spacial score (nSPS) is 10.2. The zero-order valence-corrected chi connectivity index (χ0v) is 13.0. The molecule has 0 aliphatic carbocycles. The molecular weight excluding hydrogens is 335 g/mol. The summed E-state index contributed by atoms with van der Waals surface area (Å²) in [6.07, 6.45) is 0. The van der Waals surface area contributed by atoms with Crippen molar-refractivity contribution in [2.75, 3.05) is 17.7 Å². The van der Waals surface area contributed by atoms with Crippen LogP contribution in [0.25, 0.3) is 0 Å². The number of amides is 1. The van der Waals surface area contributed by atoms with E-state index in [1.54, 1.807) is 30.3 Å². The van der Waals surface area contributed by atoms with E-state index in [0.717, 1.165) is 0 Å². The minimum atomic E-state index is -0.352. The summed E-state index contributed by atoms with van der Waals surface area (Å²) in [6.45, 7) is -0.181. The van der Waals surface area contributed by atoms with Gasteiger partial charge in [0.15, 0.2) is 6.61 Å². The van der Waals surface area contributed by atoms with Gasteiger partial charge in [-0.3, -0.25) is 4.79 Å². The van der Waals surface area contributed by atoms with E-state index in [4.69, 9.17) is 45.3 Å². The average molecular weight is 346 g/mol. The van der Waals surface area contributed by atoms with Crippen LogP contribution in [0.2, 0.25) is 15.1 Å². The molecule has 0 heterocycles. The summed E-state index contributed by atoms with van der Waals surface area (Å²) >= 11 is 17.4. The predicted molar refractivity (Wildman–Crippen MR) is 86.5 cm³/mol. The highest BCUT2D eigenvalue weighted by molar-refractivity contribution is 6.42. The molecule has 0 saturated carbocycles. The highest BCUT2D eigenvalue weighted by Crippen LogP contribution is 2.26. The highest BCUT2D eigenvalue weighted by atomic mass is 35.5. The fraction of sp³-hybridized carbons (Fsp3) is 0.0714. The zero-order valence-electron chi connectivity index (χ0n) is 10.7. The Labute approximate surface area is 136 Å². The molecule has 2 rings (SSSR count). The summed E-state index contributed by atoms with van der Waals surface area (Å²) in [6, 6.07) is 9.55. The van der Waals surface area contributed by atoms with E-state index < -0.39 is 0 Å². The van der Waals surface area contributed by atoms with Crippen LogP contribution in [0.5, 0.6) is 5.75 Å². The van der Waals surface area contributed by atoms with Crippen LogP contribution in [-0.4, -0.2) is 12.5 Å². The van der Waals surface area contributed by atoms with Crippen molar-refractivity contribution in [3.8, 4) is 5.75 Å². The molecule has 7 heteroatoms. The van der Waals surface area contributed by atoms with Gasteiger partial charge in [-0.1, -0.05) is 34.8 Å². The first-order valence-electron chi connectivity index (χ1n) is 5.88. The van der Waals surface area contributed by atoms with E-state index in [1.165, 1.54) is 6.07 Å². The minimum absolute atomic E-state index is 0.181. The molecule has 2 aromatic rings. The summed E-state index contributed by atoms with van der Waals surface area (Å²) in [7, 11) is 0. The topological polar surface area (TPSA) is 64.3 Å². The molecule has 0 fully saturated rings. The van der Waals surface area contributed by atoms with Crippen molar-refractivity contribution < 1.29 is 9.53 Å².